The summed E-state index contributed by atoms with van der Waals surface area (Å²) < 4.78 is 41.8. The molecule has 138 valence electrons. The molecule has 1 heterocycles. The third kappa shape index (κ3) is 3.13. The molecule has 4 rings (SSSR count). The van der Waals surface area contributed by atoms with Crippen molar-refractivity contribution in [1.82, 2.24) is 0 Å². The van der Waals surface area contributed by atoms with Gasteiger partial charge in [0, 0.05) is 10.8 Å². The summed E-state index contributed by atoms with van der Waals surface area (Å²) in [5.41, 5.74) is 0. The van der Waals surface area contributed by atoms with Crippen molar-refractivity contribution in [3.05, 3.63) is 35.9 Å². The fourth-order valence-electron chi connectivity index (χ4n) is 3.62. The Hall–Kier alpha value is -1.88. The molecule has 26 heavy (non-hydrogen) atoms. The Morgan fingerprint density at radius 3 is 2.08 bits per heavy atom. The molecule has 0 saturated heterocycles. The number of benzene rings is 2. The summed E-state index contributed by atoms with van der Waals surface area (Å²) in [5.74, 6) is 0.202. The van der Waals surface area contributed by atoms with E-state index in [9.17, 15) is 8.78 Å². The van der Waals surface area contributed by atoms with E-state index in [-0.39, 0.29) is 11.5 Å². The van der Waals surface area contributed by atoms with Crippen molar-refractivity contribution >= 4 is 31.5 Å². The number of ether oxygens (including phenoxy) is 2. The van der Waals surface area contributed by atoms with Gasteiger partial charge < -0.3 is 9.47 Å². The fraction of sp³-hybridized carbons (Fsp3) is 0.429. The van der Waals surface area contributed by atoms with Crippen LogP contribution in [0.5, 0.6) is 11.5 Å². The van der Waals surface area contributed by atoms with Gasteiger partial charge in [-0.05, 0) is 49.4 Å². The fourth-order valence-corrected chi connectivity index (χ4v) is 4.78. The summed E-state index contributed by atoms with van der Waals surface area (Å²) in [7, 11) is 0. The lowest BCUT2D eigenvalue weighted by molar-refractivity contribution is 0.243. The predicted octanol–water partition coefficient (Wildman–Crippen LogP) is 6.69. The molecular weight excluding hydrogens is 354 g/mol. The van der Waals surface area contributed by atoms with Crippen molar-refractivity contribution in [2.24, 2.45) is 5.92 Å². The Morgan fingerprint density at radius 1 is 0.923 bits per heavy atom. The molecule has 5 heteroatoms. The summed E-state index contributed by atoms with van der Waals surface area (Å²) in [5, 5.41) is 1.43. The minimum Gasteiger partial charge on any atom is -0.490 e. The van der Waals surface area contributed by atoms with Crippen LogP contribution in [0.15, 0.2) is 24.3 Å². The summed E-state index contributed by atoms with van der Waals surface area (Å²) >= 11 is 1.12. The zero-order valence-electron chi connectivity index (χ0n) is 14.8. The van der Waals surface area contributed by atoms with E-state index >= 15 is 0 Å². The van der Waals surface area contributed by atoms with Crippen LogP contribution >= 0.6 is 11.3 Å². The third-order valence-electron chi connectivity index (χ3n) is 5.03. The molecule has 0 N–H and O–H groups in total. The van der Waals surface area contributed by atoms with Gasteiger partial charge in [0.25, 0.3) is 0 Å². The highest BCUT2D eigenvalue weighted by Gasteiger charge is 2.20. The maximum atomic E-state index is 14.9. The molecule has 0 bridgehead atoms. The highest BCUT2D eigenvalue weighted by molar-refractivity contribution is 7.25. The normalized spacial score (nSPS) is 15.2. The minimum absolute atomic E-state index is 0.226. The van der Waals surface area contributed by atoms with Crippen molar-refractivity contribution in [2.45, 2.75) is 39.0 Å². The van der Waals surface area contributed by atoms with Crippen LogP contribution in [0.2, 0.25) is 0 Å². The van der Waals surface area contributed by atoms with Crippen LogP contribution in [0.3, 0.4) is 0 Å². The number of hydrogen-bond acceptors (Lipinski definition) is 3. The van der Waals surface area contributed by atoms with Crippen molar-refractivity contribution < 1.29 is 18.3 Å². The first kappa shape index (κ1) is 17.5. The van der Waals surface area contributed by atoms with Gasteiger partial charge in [0.1, 0.15) is 0 Å². The molecule has 3 aromatic rings. The topological polar surface area (TPSA) is 18.5 Å². The van der Waals surface area contributed by atoms with Crippen LogP contribution in [0.25, 0.3) is 20.2 Å². The Bertz CT molecular complexity index is 929. The molecule has 1 aliphatic rings. The second-order valence-corrected chi connectivity index (χ2v) is 7.94. The summed E-state index contributed by atoms with van der Waals surface area (Å²) in [6, 6.07) is 6.92. The number of hydrogen-bond donors (Lipinski definition) is 0. The first-order valence-electron chi connectivity index (χ1n) is 9.28. The first-order valence-corrected chi connectivity index (χ1v) is 10.1. The largest absolute Gasteiger partial charge is 0.490 e. The number of halogens is 2. The van der Waals surface area contributed by atoms with Crippen molar-refractivity contribution in [3.8, 4) is 11.5 Å². The van der Waals surface area contributed by atoms with E-state index in [2.05, 4.69) is 0 Å². The predicted molar refractivity (Wildman–Crippen MR) is 102 cm³/mol. The van der Waals surface area contributed by atoms with Crippen LogP contribution in [0.1, 0.15) is 39.0 Å². The lowest BCUT2D eigenvalue weighted by Crippen LogP contribution is -2.08. The van der Waals surface area contributed by atoms with Gasteiger partial charge in [-0.2, -0.15) is 0 Å². The highest BCUT2D eigenvalue weighted by atomic mass is 32.1. The van der Waals surface area contributed by atoms with Gasteiger partial charge in [0.2, 0.25) is 0 Å². The van der Waals surface area contributed by atoms with E-state index in [1.807, 2.05) is 13.0 Å². The lowest BCUT2D eigenvalue weighted by atomic mass is 10.1. The smallest absolute Gasteiger partial charge is 0.182 e. The SMILES string of the molecule is CCCOc1ccc2c(sc3c(F)c(OCC4CCCC4)ccc32)c1F. The van der Waals surface area contributed by atoms with Crippen molar-refractivity contribution in [1.29, 1.82) is 0 Å². The van der Waals surface area contributed by atoms with Gasteiger partial charge in [-0.25, -0.2) is 8.78 Å². The molecule has 2 aromatic carbocycles. The number of thiophene rings is 1. The second kappa shape index (κ2) is 7.39. The summed E-state index contributed by atoms with van der Waals surface area (Å²) in [4.78, 5) is 0. The monoisotopic (exact) mass is 376 g/mol. The zero-order valence-corrected chi connectivity index (χ0v) is 15.6. The van der Waals surface area contributed by atoms with Gasteiger partial charge in [0.15, 0.2) is 23.1 Å². The number of rotatable bonds is 6. The lowest BCUT2D eigenvalue weighted by Gasteiger charge is -2.12. The van der Waals surface area contributed by atoms with Gasteiger partial charge in [0.05, 0.1) is 22.6 Å². The van der Waals surface area contributed by atoms with Crippen LogP contribution in [-0.4, -0.2) is 13.2 Å². The highest BCUT2D eigenvalue weighted by Crippen LogP contribution is 2.42. The van der Waals surface area contributed by atoms with Gasteiger partial charge in [-0.15, -0.1) is 11.3 Å². The molecular formula is C21H22F2O2S. The van der Waals surface area contributed by atoms with Crippen LogP contribution < -0.4 is 9.47 Å². The molecule has 0 radical (unpaired) electrons. The van der Waals surface area contributed by atoms with E-state index in [4.69, 9.17) is 9.47 Å². The van der Waals surface area contributed by atoms with Gasteiger partial charge in [-0.1, -0.05) is 19.8 Å². The molecule has 0 aliphatic heterocycles. The van der Waals surface area contributed by atoms with Crippen LogP contribution in [0, 0.1) is 17.6 Å². The minimum atomic E-state index is -0.412. The molecule has 0 spiro atoms. The Kier molecular flexibility index (Phi) is 4.98. The van der Waals surface area contributed by atoms with E-state index < -0.39 is 11.6 Å². The van der Waals surface area contributed by atoms with Gasteiger partial charge in [-0.3, -0.25) is 0 Å². The molecule has 0 unspecified atom stereocenters. The summed E-state index contributed by atoms with van der Waals surface area (Å²) in [6.07, 6.45) is 5.57. The molecule has 1 aliphatic carbocycles. The van der Waals surface area contributed by atoms with E-state index in [0.29, 0.717) is 33.9 Å². The molecule has 0 amide bonds. The third-order valence-corrected chi connectivity index (χ3v) is 6.24. The Labute approximate surface area is 155 Å². The van der Waals surface area contributed by atoms with E-state index in [1.165, 1.54) is 12.8 Å². The van der Waals surface area contributed by atoms with E-state index in [0.717, 1.165) is 36.0 Å². The molecule has 1 fully saturated rings. The van der Waals surface area contributed by atoms with E-state index in [1.54, 1.807) is 18.2 Å². The van der Waals surface area contributed by atoms with Crippen LogP contribution in [0.4, 0.5) is 8.78 Å². The van der Waals surface area contributed by atoms with Gasteiger partial charge >= 0.3 is 0 Å². The average Bonchev–Trinajstić information content (AvgIpc) is 3.29. The Balaban J connectivity index is 1.69. The molecule has 1 aromatic heterocycles. The average molecular weight is 376 g/mol. The quantitative estimate of drug-likeness (QED) is 0.477. The molecule has 1 saturated carbocycles. The van der Waals surface area contributed by atoms with Crippen molar-refractivity contribution in [2.75, 3.05) is 13.2 Å². The Morgan fingerprint density at radius 2 is 1.50 bits per heavy atom. The zero-order chi connectivity index (χ0) is 18.1. The molecule has 0 atom stereocenters. The second-order valence-electron chi connectivity index (χ2n) is 6.92. The maximum absolute atomic E-state index is 14.9. The van der Waals surface area contributed by atoms with Crippen LogP contribution in [-0.2, 0) is 0 Å². The first-order chi connectivity index (χ1) is 12.7. The number of fused-ring (bicyclic) bond motifs is 3. The summed E-state index contributed by atoms with van der Waals surface area (Å²) in [6.45, 7) is 2.98. The molecule has 2 nitrogen and oxygen atoms in total. The standard InChI is InChI=1S/C21H22F2O2S/c1-2-11-24-16-9-7-14-15-8-10-17(25-12-13-5-3-4-6-13)19(23)21(15)26-20(14)18(16)22/h7-10,13H,2-6,11-12H2,1H3. The van der Waals surface area contributed by atoms with Crippen molar-refractivity contribution in [3.63, 3.8) is 0 Å². The maximum Gasteiger partial charge on any atom is 0.182 e.